The minimum Gasteiger partial charge on any atom is -0.481 e. The molecule has 0 aliphatic heterocycles. The molecule has 8 heteroatoms. The highest BCUT2D eigenvalue weighted by atomic mass is 16.6. The molecule has 0 radical (unpaired) electrons. The minimum atomic E-state index is -0.940. The number of benzene rings is 2. The normalized spacial score (nSPS) is 11.4. The second-order valence-electron chi connectivity index (χ2n) is 6.17. The zero-order valence-corrected chi connectivity index (χ0v) is 14.8. The number of aryl methyl sites for hydroxylation is 1. The van der Waals surface area contributed by atoms with Crippen LogP contribution in [0.5, 0.6) is 0 Å². The van der Waals surface area contributed by atoms with E-state index in [0.717, 1.165) is 5.56 Å². The van der Waals surface area contributed by atoms with E-state index in [4.69, 9.17) is 5.11 Å². The monoisotopic (exact) mass is 371 g/mol. The third-order valence-corrected chi connectivity index (χ3v) is 4.05. The standard InChI is InChI=1S/C19H21N3O5/c1-13-7-9-16(22(26)27)12-17(13)21-19(25)20-15(8-10-18(23)24)11-14-5-3-2-4-6-14/h2-7,9,12,15H,8,10-11H2,1H3,(H,23,24)(H2,20,21,25). The first-order chi connectivity index (χ1) is 12.8. The lowest BCUT2D eigenvalue weighted by molar-refractivity contribution is -0.384. The van der Waals surface area contributed by atoms with E-state index < -0.39 is 16.9 Å². The third kappa shape index (κ3) is 6.43. The van der Waals surface area contributed by atoms with Gasteiger partial charge in [-0.1, -0.05) is 36.4 Å². The average molecular weight is 371 g/mol. The maximum atomic E-state index is 12.4. The highest BCUT2D eigenvalue weighted by molar-refractivity contribution is 5.90. The van der Waals surface area contributed by atoms with Gasteiger partial charge in [0.25, 0.3) is 5.69 Å². The minimum absolute atomic E-state index is 0.0758. The lowest BCUT2D eigenvalue weighted by atomic mass is 10.0. The molecule has 2 amide bonds. The first-order valence-corrected chi connectivity index (χ1v) is 8.43. The number of carbonyl (C=O) groups excluding carboxylic acids is 1. The average Bonchev–Trinajstić information content (AvgIpc) is 2.62. The lowest BCUT2D eigenvalue weighted by Crippen LogP contribution is -2.39. The fraction of sp³-hybridized carbons (Fsp3) is 0.263. The summed E-state index contributed by atoms with van der Waals surface area (Å²) >= 11 is 0. The SMILES string of the molecule is Cc1ccc([N+](=O)[O-])cc1NC(=O)NC(CCC(=O)O)Cc1ccccc1. The third-order valence-electron chi connectivity index (χ3n) is 4.05. The summed E-state index contributed by atoms with van der Waals surface area (Å²) < 4.78 is 0. The number of amides is 2. The van der Waals surface area contributed by atoms with Crippen molar-refractivity contribution in [2.45, 2.75) is 32.2 Å². The van der Waals surface area contributed by atoms with Gasteiger partial charge in [0.05, 0.1) is 10.6 Å². The number of carboxylic acids is 1. The zero-order chi connectivity index (χ0) is 19.8. The second kappa shape index (κ2) is 9.33. The van der Waals surface area contributed by atoms with Crippen LogP contribution in [-0.4, -0.2) is 28.1 Å². The van der Waals surface area contributed by atoms with Crippen molar-refractivity contribution in [1.82, 2.24) is 5.32 Å². The number of hydrogen-bond donors (Lipinski definition) is 3. The Morgan fingerprint density at radius 1 is 1.19 bits per heavy atom. The molecule has 0 aliphatic rings. The van der Waals surface area contributed by atoms with Crippen molar-refractivity contribution >= 4 is 23.4 Å². The Labute approximate surface area is 156 Å². The molecule has 0 heterocycles. The Hall–Kier alpha value is -3.42. The number of nitrogens with one attached hydrogen (secondary N) is 2. The quantitative estimate of drug-likeness (QED) is 0.484. The number of nitro benzene ring substituents is 1. The van der Waals surface area contributed by atoms with Crippen LogP contribution in [0.1, 0.15) is 24.0 Å². The van der Waals surface area contributed by atoms with E-state index in [-0.39, 0.29) is 24.6 Å². The van der Waals surface area contributed by atoms with Gasteiger partial charge in [0.15, 0.2) is 0 Å². The van der Waals surface area contributed by atoms with Crippen molar-refractivity contribution in [3.63, 3.8) is 0 Å². The molecular formula is C19H21N3O5. The molecule has 0 bridgehead atoms. The van der Waals surface area contributed by atoms with Crippen LogP contribution in [0.25, 0.3) is 0 Å². The van der Waals surface area contributed by atoms with Gasteiger partial charge < -0.3 is 15.7 Å². The molecule has 142 valence electrons. The predicted octanol–water partition coefficient (Wildman–Crippen LogP) is 3.50. The Morgan fingerprint density at radius 2 is 1.89 bits per heavy atom. The number of carbonyl (C=O) groups is 2. The number of nitro groups is 1. The van der Waals surface area contributed by atoms with Crippen LogP contribution in [-0.2, 0) is 11.2 Å². The first kappa shape index (κ1) is 19.9. The van der Waals surface area contributed by atoms with Crippen molar-refractivity contribution in [3.8, 4) is 0 Å². The fourth-order valence-electron chi connectivity index (χ4n) is 2.62. The number of anilines is 1. The summed E-state index contributed by atoms with van der Waals surface area (Å²) in [5.74, 6) is -0.940. The predicted molar refractivity (Wildman–Crippen MR) is 101 cm³/mol. The number of hydrogen-bond acceptors (Lipinski definition) is 4. The highest BCUT2D eigenvalue weighted by Crippen LogP contribution is 2.21. The van der Waals surface area contributed by atoms with Crippen molar-refractivity contribution < 1.29 is 19.6 Å². The molecule has 0 saturated heterocycles. The van der Waals surface area contributed by atoms with Crippen LogP contribution < -0.4 is 10.6 Å². The number of rotatable bonds is 8. The van der Waals surface area contributed by atoms with Crippen molar-refractivity contribution in [1.29, 1.82) is 0 Å². The van der Waals surface area contributed by atoms with Gasteiger partial charge in [-0.3, -0.25) is 14.9 Å². The first-order valence-electron chi connectivity index (χ1n) is 8.43. The van der Waals surface area contributed by atoms with Gasteiger partial charge in [-0.2, -0.15) is 0 Å². The Morgan fingerprint density at radius 3 is 2.52 bits per heavy atom. The molecule has 0 aromatic heterocycles. The molecule has 2 aromatic rings. The van der Waals surface area contributed by atoms with Gasteiger partial charge >= 0.3 is 12.0 Å². The smallest absolute Gasteiger partial charge is 0.319 e. The van der Waals surface area contributed by atoms with Gasteiger partial charge in [-0.05, 0) is 30.9 Å². The Kier molecular flexibility index (Phi) is 6.87. The van der Waals surface area contributed by atoms with E-state index in [2.05, 4.69) is 10.6 Å². The second-order valence-corrected chi connectivity index (χ2v) is 6.17. The molecule has 27 heavy (non-hydrogen) atoms. The maximum Gasteiger partial charge on any atom is 0.319 e. The van der Waals surface area contributed by atoms with Crippen molar-refractivity contribution in [3.05, 3.63) is 69.8 Å². The largest absolute Gasteiger partial charge is 0.481 e. The van der Waals surface area contributed by atoms with Crippen molar-refractivity contribution in [2.75, 3.05) is 5.32 Å². The van der Waals surface area contributed by atoms with Crippen LogP contribution in [0.3, 0.4) is 0 Å². The van der Waals surface area contributed by atoms with Gasteiger partial charge in [-0.15, -0.1) is 0 Å². The molecule has 0 fully saturated rings. The number of urea groups is 1. The number of nitrogens with zero attached hydrogens (tertiary/aromatic N) is 1. The molecule has 0 saturated carbocycles. The molecule has 0 aliphatic carbocycles. The Balaban J connectivity index is 2.07. The van der Waals surface area contributed by atoms with Crippen LogP contribution in [0.2, 0.25) is 0 Å². The van der Waals surface area contributed by atoms with E-state index in [0.29, 0.717) is 17.7 Å². The number of carboxylic acid groups (broad SMARTS) is 1. The van der Waals surface area contributed by atoms with E-state index >= 15 is 0 Å². The van der Waals surface area contributed by atoms with Gasteiger partial charge in [-0.25, -0.2) is 4.79 Å². The summed E-state index contributed by atoms with van der Waals surface area (Å²) in [6.07, 6.45) is 0.675. The summed E-state index contributed by atoms with van der Waals surface area (Å²) in [5.41, 5.74) is 1.86. The van der Waals surface area contributed by atoms with Gasteiger partial charge in [0.1, 0.15) is 0 Å². The van der Waals surface area contributed by atoms with E-state index in [1.54, 1.807) is 13.0 Å². The molecule has 1 atom stereocenters. The van der Waals surface area contributed by atoms with Crippen LogP contribution in [0.15, 0.2) is 48.5 Å². The summed E-state index contributed by atoms with van der Waals surface area (Å²) in [6.45, 7) is 1.73. The van der Waals surface area contributed by atoms with E-state index in [9.17, 15) is 19.7 Å². The zero-order valence-electron chi connectivity index (χ0n) is 14.8. The Bertz CT molecular complexity index is 823. The molecule has 2 aromatic carbocycles. The summed E-state index contributed by atoms with van der Waals surface area (Å²) in [5, 5.41) is 25.2. The fourth-order valence-corrected chi connectivity index (χ4v) is 2.62. The lowest BCUT2D eigenvalue weighted by Gasteiger charge is -2.19. The summed E-state index contributed by atoms with van der Waals surface area (Å²) in [6, 6.07) is 12.7. The van der Waals surface area contributed by atoms with Crippen LogP contribution in [0.4, 0.5) is 16.2 Å². The van der Waals surface area contributed by atoms with E-state index in [1.807, 2.05) is 30.3 Å². The number of non-ortho nitro benzene ring substituents is 1. The number of aliphatic carboxylic acids is 1. The molecule has 0 spiro atoms. The highest BCUT2D eigenvalue weighted by Gasteiger charge is 2.16. The van der Waals surface area contributed by atoms with Gasteiger partial charge in [0.2, 0.25) is 0 Å². The van der Waals surface area contributed by atoms with Gasteiger partial charge in [0, 0.05) is 24.6 Å². The summed E-state index contributed by atoms with van der Waals surface area (Å²) in [7, 11) is 0. The molecule has 1 unspecified atom stereocenters. The maximum absolute atomic E-state index is 12.4. The van der Waals surface area contributed by atoms with Crippen LogP contribution in [0, 0.1) is 17.0 Å². The van der Waals surface area contributed by atoms with Crippen molar-refractivity contribution in [2.24, 2.45) is 0 Å². The topological polar surface area (TPSA) is 122 Å². The molecule has 2 rings (SSSR count). The van der Waals surface area contributed by atoms with E-state index in [1.165, 1.54) is 12.1 Å². The molecular weight excluding hydrogens is 350 g/mol. The summed E-state index contributed by atoms with van der Waals surface area (Å²) in [4.78, 5) is 33.6. The van der Waals surface area contributed by atoms with Crippen LogP contribution >= 0.6 is 0 Å². The molecule has 8 nitrogen and oxygen atoms in total. The molecule has 3 N–H and O–H groups in total.